The van der Waals surface area contributed by atoms with Crippen LogP contribution >= 0.6 is 7.60 Å². The Morgan fingerprint density at radius 1 is 1.09 bits per heavy atom. The van der Waals surface area contributed by atoms with E-state index in [-0.39, 0.29) is 18.3 Å². The van der Waals surface area contributed by atoms with Gasteiger partial charge in [-0.2, -0.15) is 0 Å². The minimum Gasteiger partial charge on any atom is -0.403 e. The van der Waals surface area contributed by atoms with Gasteiger partial charge in [0.05, 0.1) is 11.2 Å². The summed E-state index contributed by atoms with van der Waals surface area (Å²) in [6.07, 6.45) is 10.4. The van der Waals surface area contributed by atoms with Crippen LogP contribution in [0.25, 0.3) is 0 Å². The highest BCUT2D eigenvalue weighted by molar-refractivity contribution is 7.50. The molecule has 0 aromatic heterocycles. The summed E-state index contributed by atoms with van der Waals surface area (Å²) < 4.78 is 20.7. The van der Waals surface area contributed by atoms with Gasteiger partial charge in [-0.15, -0.1) is 0 Å². The quantitative estimate of drug-likeness (QED) is 0.455. The molecule has 0 spiro atoms. The third-order valence-electron chi connectivity index (χ3n) is 3.19. The zero-order valence-corrected chi connectivity index (χ0v) is 16.3. The topological polar surface area (TPSA) is 76.0 Å². The van der Waals surface area contributed by atoms with Gasteiger partial charge in [0.1, 0.15) is 0 Å². The summed E-state index contributed by atoms with van der Waals surface area (Å²) in [7, 11) is -3.65. The summed E-state index contributed by atoms with van der Waals surface area (Å²) in [6, 6.07) is 0. The SMILES string of the molecule is C=C/C=C\C=C/C.CCB1OC(C)(C)C(C)(C)O1.CP(=O)(O)O. The van der Waals surface area contributed by atoms with Crippen LogP contribution in [0.15, 0.2) is 37.0 Å². The lowest BCUT2D eigenvalue weighted by Crippen LogP contribution is -2.41. The van der Waals surface area contributed by atoms with E-state index in [1.54, 1.807) is 6.08 Å². The van der Waals surface area contributed by atoms with Crippen LogP contribution in [-0.2, 0) is 13.9 Å². The monoisotopic (exact) mass is 346 g/mol. The van der Waals surface area contributed by atoms with E-state index in [0.717, 1.165) is 13.0 Å². The molecule has 0 bridgehead atoms. The van der Waals surface area contributed by atoms with Crippen molar-refractivity contribution in [2.45, 2.75) is 59.1 Å². The van der Waals surface area contributed by atoms with Crippen LogP contribution in [0.2, 0.25) is 6.32 Å². The molecule has 0 aliphatic carbocycles. The highest BCUT2D eigenvalue weighted by Crippen LogP contribution is 2.37. The van der Waals surface area contributed by atoms with Crippen molar-refractivity contribution in [2.24, 2.45) is 0 Å². The van der Waals surface area contributed by atoms with E-state index in [9.17, 15) is 4.57 Å². The van der Waals surface area contributed by atoms with Gasteiger partial charge >= 0.3 is 14.7 Å². The number of hydrogen-bond donors (Lipinski definition) is 2. The van der Waals surface area contributed by atoms with Gasteiger partial charge in [0.2, 0.25) is 0 Å². The second kappa shape index (κ2) is 11.0. The fourth-order valence-electron chi connectivity index (χ4n) is 1.39. The van der Waals surface area contributed by atoms with E-state index in [1.807, 2.05) is 31.2 Å². The molecule has 1 rings (SSSR count). The molecule has 0 saturated carbocycles. The van der Waals surface area contributed by atoms with Crippen LogP contribution in [0.4, 0.5) is 0 Å². The average molecular weight is 346 g/mol. The lowest BCUT2D eigenvalue weighted by Gasteiger charge is -2.32. The van der Waals surface area contributed by atoms with Gasteiger partial charge in [0.25, 0.3) is 0 Å². The predicted molar refractivity (Wildman–Crippen MR) is 98.7 cm³/mol. The van der Waals surface area contributed by atoms with Crippen LogP contribution in [0.3, 0.4) is 0 Å². The molecule has 23 heavy (non-hydrogen) atoms. The first-order valence-electron chi connectivity index (χ1n) is 7.59. The molecule has 1 heterocycles. The van der Waals surface area contributed by atoms with Crippen molar-refractivity contribution in [3.8, 4) is 0 Å². The second-order valence-corrected chi connectivity index (χ2v) is 7.75. The molecule has 0 aromatic carbocycles. The van der Waals surface area contributed by atoms with Gasteiger partial charge in [-0.05, 0) is 40.9 Å². The molecular weight excluding hydrogens is 314 g/mol. The normalized spacial score (nSPS) is 19.1. The first-order valence-corrected chi connectivity index (χ1v) is 9.65. The lowest BCUT2D eigenvalue weighted by atomic mass is 9.87. The molecule has 0 amide bonds. The summed E-state index contributed by atoms with van der Waals surface area (Å²) >= 11 is 0. The van der Waals surface area contributed by atoms with E-state index >= 15 is 0 Å². The largest absolute Gasteiger partial charge is 0.457 e. The molecule has 1 fully saturated rings. The van der Waals surface area contributed by atoms with Crippen LogP contribution in [0, 0.1) is 0 Å². The number of hydrogen-bond acceptors (Lipinski definition) is 3. The zero-order valence-electron chi connectivity index (χ0n) is 15.4. The van der Waals surface area contributed by atoms with Crippen LogP contribution < -0.4 is 0 Å². The Labute approximate surface area is 141 Å². The van der Waals surface area contributed by atoms with E-state index < -0.39 is 7.60 Å². The Kier molecular flexibility index (Phi) is 11.8. The predicted octanol–water partition coefficient (Wildman–Crippen LogP) is 4.20. The fourth-order valence-corrected chi connectivity index (χ4v) is 1.39. The Morgan fingerprint density at radius 3 is 1.70 bits per heavy atom. The van der Waals surface area contributed by atoms with Gasteiger partial charge in [0, 0.05) is 6.66 Å². The minimum atomic E-state index is -3.64. The molecule has 5 nitrogen and oxygen atoms in total. The maximum Gasteiger partial charge on any atom is 0.457 e. The summed E-state index contributed by atoms with van der Waals surface area (Å²) in [5, 5.41) is 0. The third kappa shape index (κ3) is 13.5. The Bertz CT molecular complexity index is 413. The average Bonchev–Trinajstić information content (AvgIpc) is 2.57. The van der Waals surface area contributed by atoms with Crippen LogP contribution in [0.1, 0.15) is 41.5 Å². The molecule has 1 saturated heterocycles. The Hall–Kier alpha value is -0.645. The smallest absolute Gasteiger partial charge is 0.403 e. The molecule has 1 aliphatic heterocycles. The van der Waals surface area contributed by atoms with Gasteiger partial charge in [0.15, 0.2) is 0 Å². The first kappa shape index (κ1) is 24.6. The highest BCUT2D eigenvalue weighted by Gasteiger charge is 2.49. The van der Waals surface area contributed by atoms with Gasteiger partial charge in [-0.1, -0.05) is 43.9 Å². The van der Waals surface area contributed by atoms with Crippen molar-refractivity contribution in [3.63, 3.8) is 0 Å². The van der Waals surface area contributed by atoms with E-state index in [2.05, 4.69) is 41.2 Å². The molecule has 0 unspecified atom stereocenters. The summed E-state index contributed by atoms with van der Waals surface area (Å²) in [5.74, 6) is 0. The summed E-state index contributed by atoms with van der Waals surface area (Å²) in [4.78, 5) is 15.3. The summed E-state index contributed by atoms with van der Waals surface area (Å²) in [6.45, 7) is 16.7. The third-order valence-corrected chi connectivity index (χ3v) is 3.19. The highest BCUT2D eigenvalue weighted by atomic mass is 31.2. The van der Waals surface area contributed by atoms with Crippen LogP contribution in [0.5, 0.6) is 0 Å². The van der Waals surface area contributed by atoms with Gasteiger partial charge < -0.3 is 19.1 Å². The van der Waals surface area contributed by atoms with Crippen molar-refractivity contribution >= 4 is 14.7 Å². The second-order valence-electron chi connectivity index (χ2n) is 6.08. The molecule has 0 radical (unpaired) electrons. The summed E-state index contributed by atoms with van der Waals surface area (Å²) in [5.41, 5.74) is -0.318. The van der Waals surface area contributed by atoms with Gasteiger partial charge in [-0.3, -0.25) is 4.57 Å². The van der Waals surface area contributed by atoms with E-state index in [4.69, 9.17) is 19.1 Å². The maximum atomic E-state index is 9.33. The van der Waals surface area contributed by atoms with E-state index in [0.29, 0.717) is 0 Å². The zero-order chi connectivity index (χ0) is 18.7. The molecule has 2 N–H and O–H groups in total. The molecule has 1 aliphatic rings. The minimum absolute atomic E-state index is 0.0139. The van der Waals surface area contributed by atoms with Gasteiger partial charge in [-0.25, -0.2) is 0 Å². The van der Waals surface area contributed by atoms with E-state index in [1.165, 1.54) is 0 Å². The molecule has 0 atom stereocenters. The lowest BCUT2D eigenvalue weighted by molar-refractivity contribution is 0.00578. The van der Waals surface area contributed by atoms with Crippen LogP contribution in [-0.4, -0.2) is 34.8 Å². The number of rotatable bonds is 3. The molecule has 0 aromatic rings. The fraction of sp³-hybridized carbons (Fsp3) is 0.625. The molecular formula is C16H32BO5P. The standard InChI is InChI=1S/C8H17BO2.C7H10.CH5O3P/c1-6-9-10-7(2,3)8(4,5)11-9;1-3-5-7-6-4-2;1-5(2,3)4/h6H2,1-5H3;3-7H,1H2,2H3;1H3,(H2,2,3,4)/b;6-4-,7-5-;. The van der Waals surface area contributed by atoms with Crippen molar-refractivity contribution in [3.05, 3.63) is 37.0 Å². The number of allylic oxidation sites excluding steroid dienone is 5. The van der Waals surface area contributed by atoms with Crippen molar-refractivity contribution in [1.29, 1.82) is 0 Å². The van der Waals surface area contributed by atoms with Crippen molar-refractivity contribution < 1.29 is 23.7 Å². The Balaban J connectivity index is 0. The molecule has 134 valence electrons. The maximum absolute atomic E-state index is 9.33. The first-order chi connectivity index (χ1) is 10.3. The van der Waals surface area contributed by atoms with Crippen molar-refractivity contribution in [1.82, 2.24) is 0 Å². The Morgan fingerprint density at radius 2 is 1.48 bits per heavy atom. The van der Waals surface area contributed by atoms with Crippen molar-refractivity contribution in [2.75, 3.05) is 6.66 Å². The molecule has 7 heteroatoms.